The molecule has 0 saturated heterocycles. The Labute approximate surface area is 348 Å². The van der Waals surface area contributed by atoms with E-state index in [0.29, 0.717) is 0 Å². The molecule has 0 unspecified atom stereocenters. The third kappa shape index (κ3) is 7.19. The maximum atomic E-state index is 6.43. The molecule has 59 heavy (non-hydrogen) atoms. The number of aromatic nitrogens is 1. The Kier molecular flexibility index (Phi) is 9.69. The summed E-state index contributed by atoms with van der Waals surface area (Å²) < 4.78 is 8.73. The van der Waals surface area contributed by atoms with E-state index in [1.807, 2.05) is 24.3 Å². The number of fused-ring (bicyclic) bond motifs is 9. The van der Waals surface area contributed by atoms with Crippen LogP contribution in [0, 0.1) is 0 Å². The lowest BCUT2D eigenvalue weighted by molar-refractivity contribution is 0.590. The van der Waals surface area contributed by atoms with E-state index in [1.165, 1.54) is 50.4 Å². The van der Waals surface area contributed by atoms with Gasteiger partial charge < -0.3 is 13.9 Å². The van der Waals surface area contributed by atoms with E-state index in [9.17, 15) is 0 Å². The molecule has 0 amide bonds. The molecule has 0 spiro atoms. The molecule has 1 aliphatic heterocycles. The minimum Gasteiger partial charge on any atom is -0.455 e. The molecule has 0 bridgehead atoms. The summed E-state index contributed by atoms with van der Waals surface area (Å²) >= 11 is 0. The summed E-state index contributed by atoms with van der Waals surface area (Å²) in [5.74, 6) is 0. The summed E-state index contributed by atoms with van der Waals surface area (Å²) in [4.78, 5) is 2.40. The van der Waals surface area contributed by atoms with Crippen molar-refractivity contribution in [2.24, 2.45) is 0 Å². The van der Waals surface area contributed by atoms with Gasteiger partial charge in [0, 0.05) is 33.3 Å². The van der Waals surface area contributed by atoms with Crippen molar-refractivity contribution in [3.8, 4) is 27.9 Å². The van der Waals surface area contributed by atoms with Gasteiger partial charge in [0.15, 0.2) is 5.58 Å². The third-order valence-corrected chi connectivity index (χ3v) is 11.4. The summed E-state index contributed by atoms with van der Waals surface area (Å²) in [6.07, 6.45) is 0. The van der Waals surface area contributed by atoms with Gasteiger partial charge in [-0.1, -0.05) is 175 Å². The standard InChI is InChI=1S/C28H25NO.C28H25N/c1-28(2,3)20-16-18-21(19-17-20)29-24-12-6-4-10-22(24)23-11-5-8-14-26(23)30-27-15-9-7-13-25(27)29;1-28(2,3)20-16-18-21(19-17-20)29-26-14-8-6-12-24(26)22-10-4-5-11-23(22)25-13-7-9-15-27(25)29/h4-19H,1-3H3;4-19H,1-3H3. The van der Waals surface area contributed by atoms with E-state index >= 15 is 0 Å². The van der Waals surface area contributed by atoms with Gasteiger partial charge in [-0.25, -0.2) is 0 Å². The first-order valence-corrected chi connectivity index (χ1v) is 20.6. The second kappa shape index (κ2) is 15.2. The molecule has 0 radical (unpaired) electrons. The SMILES string of the molecule is CC(C)(C)c1ccc(-n2c3ccccc3oc3ccccc3c3ccccc32)cc1.CC(C)(C)c1ccc(N2c3ccccc3-c3ccccc3-c3ccccc32)cc1. The number of nitrogens with zero attached hydrogens (tertiary/aromatic N) is 2. The normalized spacial score (nSPS) is 12.2. The van der Waals surface area contributed by atoms with Crippen molar-refractivity contribution in [2.45, 2.75) is 52.4 Å². The highest BCUT2D eigenvalue weighted by atomic mass is 16.3. The lowest BCUT2D eigenvalue weighted by Crippen LogP contribution is -2.13. The smallest absolute Gasteiger partial charge is 0.151 e. The quantitative estimate of drug-likeness (QED) is 0.175. The fourth-order valence-corrected chi connectivity index (χ4v) is 8.30. The average Bonchev–Trinajstić information content (AvgIpc) is 3.37. The molecule has 1 aliphatic rings. The largest absolute Gasteiger partial charge is 0.455 e. The van der Waals surface area contributed by atoms with Crippen molar-refractivity contribution in [3.05, 3.63) is 205 Å². The molecule has 1 aromatic heterocycles. The minimum atomic E-state index is 0.118. The van der Waals surface area contributed by atoms with Gasteiger partial charge in [0.1, 0.15) is 5.58 Å². The Morgan fingerprint density at radius 3 is 1.29 bits per heavy atom. The van der Waals surface area contributed by atoms with Crippen LogP contribution in [0.4, 0.5) is 17.1 Å². The minimum absolute atomic E-state index is 0.118. The van der Waals surface area contributed by atoms with Crippen LogP contribution >= 0.6 is 0 Å². The lowest BCUT2D eigenvalue weighted by atomic mass is 9.87. The predicted molar refractivity (Wildman–Crippen MR) is 251 cm³/mol. The lowest BCUT2D eigenvalue weighted by Gasteiger charge is -2.28. The molecule has 0 aliphatic carbocycles. The van der Waals surface area contributed by atoms with Gasteiger partial charge in [0.2, 0.25) is 0 Å². The van der Waals surface area contributed by atoms with E-state index in [-0.39, 0.29) is 10.8 Å². The Balaban J connectivity index is 0.000000152. The van der Waals surface area contributed by atoms with Crippen molar-refractivity contribution < 1.29 is 4.42 Å². The topological polar surface area (TPSA) is 21.3 Å². The molecule has 0 atom stereocenters. The molecule has 9 aromatic rings. The van der Waals surface area contributed by atoms with Crippen LogP contribution in [0.1, 0.15) is 52.7 Å². The van der Waals surface area contributed by atoms with Gasteiger partial charge in [-0.05, 0) is 93.7 Å². The third-order valence-electron chi connectivity index (χ3n) is 11.4. The molecule has 8 aromatic carbocycles. The van der Waals surface area contributed by atoms with Crippen LogP contribution in [0.2, 0.25) is 0 Å². The zero-order chi connectivity index (χ0) is 40.7. The van der Waals surface area contributed by atoms with Crippen molar-refractivity contribution in [2.75, 3.05) is 4.90 Å². The van der Waals surface area contributed by atoms with Crippen LogP contribution in [-0.2, 0) is 10.8 Å². The maximum absolute atomic E-state index is 6.43. The van der Waals surface area contributed by atoms with Gasteiger partial charge in [0.05, 0.1) is 22.4 Å². The molecule has 0 saturated carbocycles. The monoisotopic (exact) mass is 766 g/mol. The van der Waals surface area contributed by atoms with Crippen LogP contribution in [-0.4, -0.2) is 4.57 Å². The van der Waals surface area contributed by atoms with Crippen molar-refractivity contribution in [3.63, 3.8) is 0 Å². The highest BCUT2D eigenvalue weighted by molar-refractivity contribution is 6.05. The second-order valence-electron chi connectivity index (χ2n) is 17.4. The zero-order valence-electron chi connectivity index (χ0n) is 34.8. The van der Waals surface area contributed by atoms with Crippen molar-refractivity contribution >= 4 is 50.0 Å². The van der Waals surface area contributed by atoms with E-state index < -0.39 is 0 Å². The van der Waals surface area contributed by atoms with Gasteiger partial charge in [-0.3, -0.25) is 0 Å². The highest BCUT2D eigenvalue weighted by Crippen LogP contribution is 2.50. The summed E-state index contributed by atoms with van der Waals surface area (Å²) in [6, 6.07) is 69.1. The van der Waals surface area contributed by atoms with Gasteiger partial charge in [-0.2, -0.15) is 0 Å². The first kappa shape index (κ1) is 37.7. The first-order valence-electron chi connectivity index (χ1n) is 20.6. The molecule has 0 fully saturated rings. The molecular weight excluding hydrogens is 717 g/mol. The summed E-state index contributed by atoms with van der Waals surface area (Å²) in [7, 11) is 0. The summed E-state index contributed by atoms with van der Waals surface area (Å²) in [5.41, 5.74) is 16.6. The molecule has 3 nitrogen and oxygen atoms in total. The number of hydrogen-bond acceptors (Lipinski definition) is 2. The van der Waals surface area contributed by atoms with Gasteiger partial charge in [-0.15, -0.1) is 0 Å². The second-order valence-corrected chi connectivity index (χ2v) is 17.4. The number of para-hydroxylation sites is 6. The Morgan fingerprint density at radius 2 is 0.746 bits per heavy atom. The fraction of sp³-hybridized carbons (Fsp3) is 0.143. The summed E-state index contributed by atoms with van der Waals surface area (Å²) in [5, 5.41) is 2.25. The molecule has 2 heterocycles. The Bertz CT molecular complexity index is 2940. The zero-order valence-corrected chi connectivity index (χ0v) is 34.8. The maximum Gasteiger partial charge on any atom is 0.151 e. The van der Waals surface area contributed by atoms with Crippen LogP contribution < -0.4 is 4.90 Å². The highest BCUT2D eigenvalue weighted by Gasteiger charge is 2.26. The first-order chi connectivity index (χ1) is 28.6. The van der Waals surface area contributed by atoms with E-state index in [4.69, 9.17) is 4.42 Å². The van der Waals surface area contributed by atoms with Crippen LogP contribution in [0.5, 0.6) is 0 Å². The number of benzene rings is 8. The molecule has 10 rings (SSSR count). The van der Waals surface area contributed by atoms with E-state index in [1.54, 1.807) is 0 Å². The number of anilines is 3. The van der Waals surface area contributed by atoms with Crippen LogP contribution in [0.25, 0.3) is 60.9 Å². The van der Waals surface area contributed by atoms with Crippen molar-refractivity contribution in [1.82, 2.24) is 4.57 Å². The molecule has 290 valence electrons. The predicted octanol–water partition coefficient (Wildman–Crippen LogP) is 16.1. The summed E-state index contributed by atoms with van der Waals surface area (Å²) in [6.45, 7) is 13.5. The van der Waals surface area contributed by atoms with Crippen molar-refractivity contribution in [1.29, 1.82) is 0 Å². The molecule has 0 N–H and O–H groups in total. The Hall–Kier alpha value is -6.84. The van der Waals surface area contributed by atoms with Crippen LogP contribution in [0.3, 0.4) is 0 Å². The van der Waals surface area contributed by atoms with Crippen LogP contribution in [0.15, 0.2) is 199 Å². The fourth-order valence-electron chi connectivity index (χ4n) is 8.30. The number of hydrogen-bond donors (Lipinski definition) is 0. The molecule has 3 heteroatoms. The molecular formula is C56H50N2O. The van der Waals surface area contributed by atoms with Gasteiger partial charge in [0.25, 0.3) is 0 Å². The average molecular weight is 767 g/mol. The number of rotatable bonds is 2. The van der Waals surface area contributed by atoms with E-state index in [2.05, 4.69) is 221 Å². The Morgan fingerprint density at radius 1 is 0.339 bits per heavy atom. The van der Waals surface area contributed by atoms with Gasteiger partial charge >= 0.3 is 0 Å². The van der Waals surface area contributed by atoms with E-state index in [0.717, 1.165) is 38.7 Å².